The summed E-state index contributed by atoms with van der Waals surface area (Å²) in [5.41, 5.74) is 0.823. The molecule has 2 atom stereocenters. The van der Waals surface area contributed by atoms with Crippen LogP contribution in [-0.2, 0) is 11.3 Å². The predicted molar refractivity (Wildman–Crippen MR) is 61.2 cm³/mol. The van der Waals surface area contributed by atoms with Crippen LogP contribution in [0.15, 0.2) is 18.2 Å². The fourth-order valence-electron chi connectivity index (χ4n) is 2.81. The average Bonchev–Trinajstić information content (AvgIpc) is 2.56. The van der Waals surface area contributed by atoms with Crippen molar-refractivity contribution in [3.8, 4) is 5.75 Å². The number of morpholine rings is 1. The zero-order valence-corrected chi connectivity index (χ0v) is 9.60. The third kappa shape index (κ3) is 2.42. The van der Waals surface area contributed by atoms with Crippen LogP contribution in [0.25, 0.3) is 0 Å². The molecule has 2 unspecified atom stereocenters. The SMILES string of the molecule is Oc1cc(F)cc(CN2CC3CCC(C2)O3)c1. The summed E-state index contributed by atoms with van der Waals surface area (Å²) >= 11 is 0. The molecule has 17 heavy (non-hydrogen) atoms. The molecule has 4 heteroatoms. The molecule has 2 aliphatic heterocycles. The van der Waals surface area contributed by atoms with E-state index in [0.29, 0.717) is 18.8 Å². The first-order valence-corrected chi connectivity index (χ1v) is 6.05. The maximum atomic E-state index is 13.1. The third-order valence-electron chi connectivity index (χ3n) is 3.47. The van der Waals surface area contributed by atoms with Gasteiger partial charge >= 0.3 is 0 Å². The number of hydrogen-bond acceptors (Lipinski definition) is 3. The van der Waals surface area contributed by atoms with Gasteiger partial charge < -0.3 is 9.84 Å². The summed E-state index contributed by atoms with van der Waals surface area (Å²) in [7, 11) is 0. The van der Waals surface area contributed by atoms with Crippen molar-refractivity contribution in [1.82, 2.24) is 4.90 Å². The first-order valence-electron chi connectivity index (χ1n) is 6.05. The Balaban J connectivity index is 1.70. The van der Waals surface area contributed by atoms with E-state index in [4.69, 9.17) is 4.74 Å². The molecule has 0 saturated carbocycles. The van der Waals surface area contributed by atoms with Gasteiger partial charge in [0.15, 0.2) is 0 Å². The highest BCUT2D eigenvalue weighted by Crippen LogP contribution is 2.27. The van der Waals surface area contributed by atoms with E-state index in [1.54, 1.807) is 6.07 Å². The second-order valence-corrected chi connectivity index (χ2v) is 4.97. The van der Waals surface area contributed by atoms with Gasteiger partial charge in [0.2, 0.25) is 0 Å². The van der Waals surface area contributed by atoms with Gasteiger partial charge in [-0.3, -0.25) is 4.90 Å². The minimum Gasteiger partial charge on any atom is -0.508 e. The molecule has 2 heterocycles. The summed E-state index contributed by atoms with van der Waals surface area (Å²) in [5.74, 6) is -0.382. The predicted octanol–water partition coefficient (Wildman–Crippen LogP) is 1.89. The van der Waals surface area contributed by atoms with Crippen LogP contribution in [-0.4, -0.2) is 35.3 Å². The van der Waals surface area contributed by atoms with Crippen LogP contribution in [0.4, 0.5) is 4.39 Å². The van der Waals surface area contributed by atoms with E-state index in [1.165, 1.54) is 6.07 Å². The molecule has 0 spiro atoms. The minimum absolute atomic E-state index is 0.00349. The monoisotopic (exact) mass is 237 g/mol. The minimum atomic E-state index is -0.378. The van der Waals surface area contributed by atoms with E-state index in [0.717, 1.165) is 37.6 Å². The number of aromatic hydroxyl groups is 1. The summed E-state index contributed by atoms with van der Waals surface area (Å²) in [4.78, 5) is 2.28. The van der Waals surface area contributed by atoms with Crippen molar-refractivity contribution >= 4 is 0 Å². The fourth-order valence-corrected chi connectivity index (χ4v) is 2.81. The standard InChI is InChI=1S/C13H16FNO2/c14-10-3-9(4-11(16)5-10)6-15-7-12-1-2-13(8-15)17-12/h3-5,12-13,16H,1-2,6-8H2. The second-order valence-electron chi connectivity index (χ2n) is 4.97. The Hall–Kier alpha value is -1.13. The average molecular weight is 237 g/mol. The Morgan fingerprint density at radius 3 is 2.59 bits per heavy atom. The molecule has 2 saturated heterocycles. The molecule has 0 amide bonds. The second kappa shape index (κ2) is 4.27. The Morgan fingerprint density at radius 2 is 1.94 bits per heavy atom. The normalized spacial score (nSPS) is 28.5. The summed E-state index contributed by atoms with van der Waals surface area (Å²) in [6, 6.07) is 4.24. The summed E-state index contributed by atoms with van der Waals surface area (Å²) in [6.07, 6.45) is 2.96. The number of nitrogens with zero attached hydrogens (tertiary/aromatic N) is 1. The molecular formula is C13H16FNO2. The van der Waals surface area contributed by atoms with Crippen molar-refractivity contribution in [1.29, 1.82) is 0 Å². The largest absolute Gasteiger partial charge is 0.508 e. The van der Waals surface area contributed by atoms with Gasteiger partial charge in [0.05, 0.1) is 12.2 Å². The molecule has 2 bridgehead atoms. The van der Waals surface area contributed by atoms with Crippen LogP contribution in [0, 0.1) is 5.82 Å². The summed E-state index contributed by atoms with van der Waals surface area (Å²) in [6.45, 7) is 2.50. The van der Waals surface area contributed by atoms with Gasteiger partial charge in [-0.2, -0.15) is 0 Å². The quantitative estimate of drug-likeness (QED) is 0.852. The van der Waals surface area contributed by atoms with Gasteiger partial charge in [0, 0.05) is 25.7 Å². The van der Waals surface area contributed by atoms with Gasteiger partial charge in [0.1, 0.15) is 11.6 Å². The van der Waals surface area contributed by atoms with E-state index in [1.807, 2.05) is 0 Å². The van der Waals surface area contributed by atoms with Gasteiger partial charge in [0.25, 0.3) is 0 Å². The number of benzene rings is 1. The molecule has 2 fully saturated rings. The number of fused-ring (bicyclic) bond motifs is 2. The molecule has 0 aromatic heterocycles. The van der Waals surface area contributed by atoms with Crippen LogP contribution in [0.3, 0.4) is 0 Å². The molecule has 1 aromatic carbocycles. The van der Waals surface area contributed by atoms with Crippen LogP contribution >= 0.6 is 0 Å². The van der Waals surface area contributed by atoms with Crippen molar-refractivity contribution in [2.75, 3.05) is 13.1 Å². The smallest absolute Gasteiger partial charge is 0.127 e. The third-order valence-corrected chi connectivity index (χ3v) is 3.47. The van der Waals surface area contributed by atoms with Crippen molar-refractivity contribution in [2.45, 2.75) is 31.6 Å². The van der Waals surface area contributed by atoms with E-state index >= 15 is 0 Å². The number of phenolic OH excluding ortho intramolecular Hbond substituents is 1. The lowest BCUT2D eigenvalue weighted by atomic mass is 10.1. The topological polar surface area (TPSA) is 32.7 Å². The first kappa shape index (κ1) is 11.0. The lowest BCUT2D eigenvalue weighted by Gasteiger charge is -2.32. The Labute approximate surface area is 99.8 Å². The Kier molecular flexibility index (Phi) is 2.76. The van der Waals surface area contributed by atoms with Crippen molar-refractivity contribution in [2.24, 2.45) is 0 Å². The molecule has 3 rings (SSSR count). The molecule has 0 radical (unpaired) electrons. The van der Waals surface area contributed by atoms with Gasteiger partial charge in [-0.1, -0.05) is 0 Å². The molecule has 92 valence electrons. The van der Waals surface area contributed by atoms with Crippen molar-refractivity contribution in [3.05, 3.63) is 29.6 Å². The molecular weight excluding hydrogens is 221 g/mol. The maximum absolute atomic E-state index is 13.1. The van der Waals surface area contributed by atoms with E-state index in [9.17, 15) is 9.50 Å². The van der Waals surface area contributed by atoms with Crippen molar-refractivity contribution in [3.63, 3.8) is 0 Å². The zero-order chi connectivity index (χ0) is 11.8. The maximum Gasteiger partial charge on any atom is 0.127 e. The van der Waals surface area contributed by atoms with Crippen LogP contribution < -0.4 is 0 Å². The highest BCUT2D eigenvalue weighted by Gasteiger charge is 2.33. The van der Waals surface area contributed by atoms with E-state index in [-0.39, 0.29) is 11.6 Å². The molecule has 0 aliphatic carbocycles. The highest BCUT2D eigenvalue weighted by molar-refractivity contribution is 5.28. The number of ether oxygens (including phenoxy) is 1. The molecule has 1 aromatic rings. The lowest BCUT2D eigenvalue weighted by Crippen LogP contribution is -2.41. The Morgan fingerprint density at radius 1 is 1.24 bits per heavy atom. The van der Waals surface area contributed by atoms with Crippen LogP contribution in [0.5, 0.6) is 5.75 Å². The molecule has 1 N–H and O–H groups in total. The number of halogens is 1. The summed E-state index contributed by atoms with van der Waals surface area (Å²) in [5, 5.41) is 9.36. The number of likely N-dealkylation sites (tertiary alicyclic amines) is 1. The highest BCUT2D eigenvalue weighted by atomic mass is 19.1. The summed E-state index contributed by atoms with van der Waals surface area (Å²) < 4.78 is 18.9. The van der Waals surface area contributed by atoms with Gasteiger partial charge in [-0.15, -0.1) is 0 Å². The number of rotatable bonds is 2. The zero-order valence-electron chi connectivity index (χ0n) is 9.60. The molecule has 2 aliphatic rings. The Bertz CT molecular complexity index is 392. The van der Waals surface area contributed by atoms with Gasteiger partial charge in [-0.05, 0) is 30.5 Å². The lowest BCUT2D eigenvalue weighted by molar-refractivity contribution is -0.0410. The number of hydrogen-bond donors (Lipinski definition) is 1. The first-order chi connectivity index (χ1) is 8.19. The van der Waals surface area contributed by atoms with Crippen LogP contribution in [0.2, 0.25) is 0 Å². The van der Waals surface area contributed by atoms with E-state index in [2.05, 4.69) is 4.90 Å². The number of phenols is 1. The van der Waals surface area contributed by atoms with Crippen molar-refractivity contribution < 1.29 is 14.2 Å². The van der Waals surface area contributed by atoms with Gasteiger partial charge in [-0.25, -0.2) is 4.39 Å². The van der Waals surface area contributed by atoms with Crippen LogP contribution in [0.1, 0.15) is 18.4 Å². The van der Waals surface area contributed by atoms with E-state index < -0.39 is 0 Å². The fraction of sp³-hybridized carbons (Fsp3) is 0.538. The molecule has 3 nitrogen and oxygen atoms in total.